The molecule has 0 aliphatic rings. The third-order valence-electron chi connectivity index (χ3n) is 2.48. The van der Waals surface area contributed by atoms with Crippen LogP contribution < -0.4 is 5.32 Å². The smallest absolute Gasteiger partial charge is 0.251 e. The summed E-state index contributed by atoms with van der Waals surface area (Å²) < 4.78 is 5.00. The van der Waals surface area contributed by atoms with Crippen molar-refractivity contribution in [3.05, 3.63) is 29.3 Å². The Balaban J connectivity index is 2.80. The molecule has 1 aromatic carbocycles. The van der Waals surface area contributed by atoms with Gasteiger partial charge in [0.2, 0.25) is 0 Å². The first-order chi connectivity index (χ1) is 8.08. The minimum absolute atomic E-state index is 0.0184. The molecule has 1 N–H and O–H groups in total. The zero-order valence-corrected chi connectivity index (χ0v) is 11.6. The SMILES string of the molecule is COC[C@H](C)NC(=O)c1cc(SC)ccc1C. The molecule has 0 aliphatic heterocycles. The Kier molecular flexibility index (Phi) is 5.51. The fourth-order valence-corrected chi connectivity index (χ4v) is 2.01. The summed E-state index contributed by atoms with van der Waals surface area (Å²) in [6.45, 7) is 4.39. The molecule has 0 bridgehead atoms. The Bertz CT molecular complexity index is 393. The number of rotatable bonds is 5. The number of methoxy groups -OCH3 is 1. The first kappa shape index (κ1) is 14.1. The fraction of sp³-hybridized carbons (Fsp3) is 0.462. The number of hydrogen-bond donors (Lipinski definition) is 1. The maximum Gasteiger partial charge on any atom is 0.251 e. The lowest BCUT2D eigenvalue weighted by molar-refractivity contribution is 0.0904. The number of aryl methyl sites for hydroxylation is 1. The highest BCUT2D eigenvalue weighted by atomic mass is 32.2. The van der Waals surface area contributed by atoms with Gasteiger partial charge in [0, 0.05) is 23.6 Å². The molecule has 0 aliphatic carbocycles. The summed E-state index contributed by atoms with van der Waals surface area (Å²) in [7, 11) is 1.63. The van der Waals surface area contributed by atoms with E-state index >= 15 is 0 Å². The Labute approximate surface area is 107 Å². The van der Waals surface area contributed by atoms with Gasteiger partial charge in [-0.1, -0.05) is 6.07 Å². The van der Waals surface area contributed by atoms with Crippen LogP contribution in [0.2, 0.25) is 0 Å². The van der Waals surface area contributed by atoms with Crippen LogP contribution in [0.1, 0.15) is 22.8 Å². The summed E-state index contributed by atoms with van der Waals surface area (Å²) in [6, 6.07) is 5.94. The van der Waals surface area contributed by atoms with Crippen LogP contribution in [-0.2, 0) is 4.74 Å². The Morgan fingerprint density at radius 2 is 2.24 bits per heavy atom. The van der Waals surface area contributed by atoms with E-state index in [1.165, 1.54) is 0 Å². The van der Waals surface area contributed by atoms with E-state index in [1.54, 1.807) is 18.9 Å². The minimum atomic E-state index is -0.0389. The molecule has 0 unspecified atom stereocenters. The second kappa shape index (κ2) is 6.67. The molecule has 3 nitrogen and oxygen atoms in total. The highest BCUT2D eigenvalue weighted by molar-refractivity contribution is 7.98. The van der Waals surface area contributed by atoms with E-state index in [4.69, 9.17) is 4.74 Å². The van der Waals surface area contributed by atoms with Gasteiger partial charge in [-0.15, -0.1) is 11.8 Å². The van der Waals surface area contributed by atoms with Crippen molar-refractivity contribution in [1.29, 1.82) is 0 Å². The van der Waals surface area contributed by atoms with Gasteiger partial charge in [0.25, 0.3) is 5.91 Å². The maximum atomic E-state index is 12.0. The third-order valence-corrected chi connectivity index (χ3v) is 3.21. The van der Waals surface area contributed by atoms with E-state index in [9.17, 15) is 4.79 Å². The number of amides is 1. The van der Waals surface area contributed by atoms with E-state index in [0.29, 0.717) is 6.61 Å². The number of hydrogen-bond acceptors (Lipinski definition) is 3. The largest absolute Gasteiger partial charge is 0.383 e. The Morgan fingerprint density at radius 3 is 2.82 bits per heavy atom. The van der Waals surface area contributed by atoms with Gasteiger partial charge in [-0.3, -0.25) is 4.79 Å². The van der Waals surface area contributed by atoms with Crippen LogP contribution in [-0.4, -0.2) is 31.9 Å². The van der Waals surface area contributed by atoms with Gasteiger partial charge in [-0.05, 0) is 37.8 Å². The molecule has 1 atom stereocenters. The molecule has 0 aromatic heterocycles. The van der Waals surface area contributed by atoms with E-state index < -0.39 is 0 Å². The zero-order chi connectivity index (χ0) is 12.8. The minimum Gasteiger partial charge on any atom is -0.383 e. The summed E-state index contributed by atoms with van der Waals surface area (Å²) >= 11 is 1.63. The van der Waals surface area contributed by atoms with Crippen molar-refractivity contribution < 1.29 is 9.53 Å². The third kappa shape index (κ3) is 4.06. The topological polar surface area (TPSA) is 38.3 Å². The van der Waals surface area contributed by atoms with Crippen molar-refractivity contribution in [2.24, 2.45) is 0 Å². The highest BCUT2D eigenvalue weighted by Gasteiger charge is 2.12. The predicted octanol–water partition coefficient (Wildman–Crippen LogP) is 2.48. The molecule has 0 radical (unpaired) electrons. The molecular formula is C13H19NO2S. The van der Waals surface area contributed by atoms with Crippen LogP contribution in [0.15, 0.2) is 23.1 Å². The lowest BCUT2D eigenvalue weighted by Crippen LogP contribution is -2.35. The van der Waals surface area contributed by atoms with Gasteiger partial charge in [-0.2, -0.15) is 0 Å². The van der Waals surface area contributed by atoms with E-state index in [-0.39, 0.29) is 11.9 Å². The predicted molar refractivity (Wildman–Crippen MR) is 71.8 cm³/mol. The number of carbonyl (C=O) groups excluding carboxylic acids is 1. The van der Waals surface area contributed by atoms with Crippen LogP contribution in [0.3, 0.4) is 0 Å². The highest BCUT2D eigenvalue weighted by Crippen LogP contribution is 2.19. The zero-order valence-electron chi connectivity index (χ0n) is 10.7. The van der Waals surface area contributed by atoms with Crippen LogP contribution >= 0.6 is 11.8 Å². The number of benzene rings is 1. The molecule has 0 spiro atoms. The lowest BCUT2D eigenvalue weighted by Gasteiger charge is -2.14. The molecule has 17 heavy (non-hydrogen) atoms. The monoisotopic (exact) mass is 253 g/mol. The molecule has 0 heterocycles. The van der Waals surface area contributed by atoms with Crippen molar-refractivity contribution in [2.75, 3.05) is 20.0 Å². The summed E-state index contributed by atoms with van der Waals surface area (Å²) in [5, 5.41) is 2.92. The van der Waals surface area contributed by atoms with Gasteiger partial charge in [0.05, 0.1) is 6.61 Å². The summed E-state index contributed by atoms with van der Waals surface area (Å²) in [5.74, 6) is -0.0389. The van der Waals surface area contributed by atoms with Crippen LogP contribution in [0.5, 0.6) is 0 Å². The maximum absolute atomic E-state index is 12.0. The Morgan fingerprint density at radius 1 is 1.53 bits per heavy atom. The molecule has 0 fully saturated rings. The molecule has 1 amide bonds. The van der Waals surface area contributed by atoms with Crippen molar-refractivity contribution in [3.63, 3.8) is 0 Å². The number of nitrogens with one attached hydrogen (secondary N) is 1. The average Bonchev–Trinajstić information content (AvgIpc) is 2.29. The van der Waals surface area contributed by atoms with Crippen molar-refractivity contribution >= 4 is 17.7 Å². The second-order valence-corrected chi connectivity index (χ2v) is 4.89. The first-order valence-corrected chi connectivity index (χ1v) is 6.75. The molecular weight excluding hydrogens is 234 g/mol. The van der Waals surface area contributed by atoms with Crippen LogP contribution in [0, 0.1) is 6.92 Å². The number of carbonyl (C=O) groups is 1. The standard InChI is InChI=1S/C13H19NO2S/c1-9-5-6-11(17-4)7-12(9)13(15)14-10(2)8-16-3/h5-7,10H,8H2,1-4H3,(H,14,15)/t10-/m0/s1. The van der Waals surface area contributed by atoms with Gasteiger partial charge < -0.3 is 10.1 Å². The van der Waals surface area contributed by atoms with E-state index in [0.717, 1.165) is 16.0 Å². The Hall–Kier alpha value is -1.00. The molecule has 1 aromatic rings. The second-order valence-electron chi connectivity index (χ2n) is 4.01. The number of thioether (sulfide) groups is 1. The van der Waals surface area contributed by atoms with Crippen LogP contribution in [0.25, 0.3) is 0 Å². The number of ether oxygens (including phenoxy) is 1. The first-order valence-electron chi connectivity index (χ1n) is 5.53. The molecule has 0 saturated carbocycles. The van der Waals surface area contributed by atoms with Gasteiger partial charge in [0.1, 0.15) is 0 Å². The van der Waals surface area contributed by atoms with Gasteiger partial charge in [-0.25, -0.2) is 0 Å². The normalized spacial score (nSPS) is 12.2. The van der Waals surface area contributed by atoms with Gasteiger partial charge >= 0.3 is 0 Å². The average molecular weight is 253 g/mol. The lowest BCUT2D eigenvalue weighted by atomic mass is 10.1. The summed E-state index contributed by atoms with van der Waals surface area (Å²) in [4.78, 5) is 13.1. The fourth-order valence-electron chi connectivity index (χ4n) is 1.57. The summed E-state index contributed by atoms with van der Waals surface area (Å²) in [5.41, 5.74) is 1.73. The van der Waals surface area contributed by atoms with E-state index in [2.05, 4.69) is 5.32 Å². The van der Waals surface area contributed by atoms with Crippen molar-refractivity contribution in [2.45, 2.75) is 24.8 Å². The van der Waals surface area contributed by atoms with Crippen molar-refractivity contribution in [1.82, 2.24) is 5.32 Å². The molecule has 4 heteroatoms. The van der Waals surface area contributed by atoms with Crippen molar-refractivity contribution in [3.8, 4) is 0 Å². The summed E-state index contributed by atoms with van der Waals surface area (Å²) in [6.07, 6.45) is 2.00. The quantitative estimate of drug-likeness (QED) is 0.819. The molecule has 94 valence electrons. The molecule has 0 saturated heterocycles. The molecule has 1 rings (SSSR count). The van der Waals surface area contributed by atoms with Crippen LogP contribution in [0.4, 0.5) is 0 Å². The van der Waals surface area contributed by atoms with E-state index in [1.807, 2.05) is 38.3 Å². The van der Waals surface area contributed by atoms with Gasteiger partial charge in [0.15, 0.2) is 0 Å².